The molecule has 1 atom stereocenters. The highest BCUT2D eigenvalue weighted by Gasteiger charge is 2.63. The summed E-state index contributed by atoms with van der Waals surface area (Å²) in [7, 11) is -6.27. The molecule has 1 unspecified atom stereocenters. The summed E-state index contributed by atoms with van der Waals surface area (Å²) >= 11 is 0. The van der Waals surface area contributed by atoms with Crippen LogP contribution in [0.2, 0.25) is 0 Å². The van der Waals surface area contributed by atoms with Crippen molar-refractivity contribution in [2.45, 2.75) is 56.4 Å². The van der Waals surface area contributed by atoms with E-state index in [2.05, 4.69) is 0 Å². The smallest absolute Gasteiger partial charge is 0.398 e. The zero-order chi connectivity index (χ0) is 20.3. The molecular formula is C16H21F5O5S. The first kappa shape index (κ1) is 20.8. The minimum Gasteiger partial charge on any atom is -0.465 e. The van der Waals surface area contributed by atoms with Crippen LogP contribution in [0.25, 0.3) is 0 Å². The first-order chi connectivity index (χ1) is 12.2. The van der Waals surface area contributed by atoms with E-state index in [-0.39, 0.29) is 0 Å². The van der Waals surface area contributed by atoms with Gasteiger partial charge in [-0.25, -0.2) is 0 Å². The third-order valence-corrected chi connectivity index (χ3v) is 7.23. The molecule has 0 aliphatic heterocycles. The van der Waals surface area contributed by atoms with Crippen LogP contribution in [-0.4, -0.2) is 37.0 Å². The monoisotopic (exact) mass is 420 g/mol. The van der Waals surface area contributed by atoms with Crippen LogP contribution in [0.1, 0.15) is 44.9 Å². The van der Waals surface area contributed by atoms with Gasteiger partial charge >= 0.3 is 27.5 Å². The first-order valence-corrected chi connectivity index (χ1v) is 10.3. The molecule has 4 aliphatic carbocycles. The van der Waals surface area contributed by atoms with Gasteiger partial charge in [0.15, 0.2) is 0 Å². The van der Waals surface area contributed by atoms with Crippen LogP contribution in [0.5, 0.6) is 0 Å². The van der Waals surface area contributed by atoms with Gasteiger partial charge in [0, 0.05) is 6.42 Å². The predicted octanol–water partition coefficient (Wildman–Crippen LogP) is 3.80. The van der Waals surface area contributed by atoms with Crippen molar-refractivity contribution in [2.75, 3.05) is 6.61 Å². The van der Waals surface area contributed by atoms with Crippen LogP contribution < -0.4 is 0 Å². The molecule has 4 fully saturated rings. The van der Waals surface area contributed by atoms with Crippen molar-refractivity contribution in [3.05, 3.63) is 0 Å². The van der Waals surface area contributed by atoms with E-state index in [1.807, 2.05) is 0 Å². The van der Waals surface area contributed by atoms with Gasteiger partial charge in [0.25, 0.3) is 0 Å². The molecule has 1 N–H and O–H groups in total. The second-order valence-corrected chi connectivity index (χ2v) is 9.75. The Morgan fingerprint density at radius 1 is 1.04 bits per heavy atom. The van der Waals surface area contributed by atoms with Crippen molar-refractivity contribution >= 4 is 16.1 Å². The van der Waals surface area contributed by atoms with Gasteiger partial charge in [0.1, 0.15) is 5.92 Å². The van der Waals surface area contributed by atoms with Gasteiger partial charge in [-0.3, -0.25) is 9.35 Å². The third kappa shape index (κ3) is 3.81. The van der Waals surface area contributed by atoms with Crippen LogP contribution in [0, 0.1) is 29.1 Å². The summed E-state index contributed by atoms with van der Waals surface area (Å²) < 4.78 is 100. The molecule has 0 saturated heterocycles. The maximum Gasteiger partial charge on any atom is 0.398 e. The summed E-state index contributed by atoms with van der Waals surface area (Å²) in [4.78, 5) is 12.5. The second kappa shape index (κ2) is 6.53. The SMILES string of the molecule is O=C(OCCC(C(F)(F)F)C(F)(F)S(=O)(=O)O)C12CC3CC(CC(C3)C1)C2. The van der Waals surface area contributed by atoms with Gasteiger partial charge in [0.05, 0.1) is 12.0 Å². The van der Waals surface area contributed by atoms with Gasteiger partial charge in [0.2, 0.25) is 0 Å². The molecule has 27 heavy (non-hydrogen) atoms. The van der Waals surface area contributed by atoms with Crippen molar-refractivity contribution in [1.29, 1.82) is 0 Å². The first-order valence-electron chi connectivity index (χ1n) is 8.83. The minimum absolute atomic E-state index is 0.385. The number of alkyl halides is 5. The fourth-order valence-corrected chi connectivity index (χ4v) is 6.10. The molecule has 0 amide bonds. The van der Waals surface area contributed by atoms with Gasteiger partial charge < -0.3 is 4.74 Å². The lowest BCUT2D eigenvalue weighted by Crippen LogP contribution is -2.51. The molecule has 0 aromatic rings. The van der Waals surface area contributed by atoms with Crippen molar-refractivity contribution in [1.82, 2.24) is 0 Å². The number of ether oxygens (including phenoxy) is 1. The summed E-state index contributed by atoms with van der Waals surface area (Å²) in [6.45, 7) is -0.990. The molecule has 0 aromatic heterocycles. The summed E-state index contributed by atoms with van der Waals surface area (Å²) in [5, 5.41) is -5.42. The largest absolute Gasteiger partial charge is 0.465 e. The fourth-order valence-electron chi connectivity index (χ4n) is 5.49. The molecule has 0 aromatic carbocycles. The van der Waals surface area contributed by atoms with E-state index in [4.69, 9.17) is 9.29 Å². The number of hydrogen-bond acceptors (Lipinski definition) is 4. The van der Waals surface area contributed by atoms with Crippen LogP contribution >= 0.6 is 0 Å². The lowest BCUT2D eigenvalue weighted by molar-refractivity contribution is -0.224. The van der Waals surface area contributed by atoms with Crippen LogP contribution in [0.15, 0.2) is 0 Å². The highest BCUT2D eigenvalue weighted by molar-refractivity contribution is 7.86. The molecular weight excluding hydrogens is 399 g/mol. The summed E-state index contributed by atoms with van der Waals surface area (Å²) in [6, 6.07) is 0. The van der Waals surface area contributed by atoms with Crippen molar-refractivity contribution in [3.8, 4) is 0 Å². The van der Waals surface area contributed by atoms with E-state index in [0.717, 1.165) is 19.3 Å². The zero-order valence-electron chi connectivity index (χ0n) is 14.3. The Labute approximate surface area is 153 Å². The fraction of sp³-hybridized carbons (Fsp3) is 0.938. The quantitative estimate of drug-likeness (QED) is 0.402. The number of rotatable bonds is 6. The zero-order valence-corrected chi connectivity index (χ0v) is 15.2. The molecule has 4 aliphatic rings. The number of hydrogen-bond donors (Lipinski definition) is 1. The maximum atomic E-state index is 13.5. The van der Waals surface area contributed by atoms with E-state index >= 15 is 0 Å². The van der Waals surface area contributed by atoms with Gasteiger partial charge in [-0.15, -0.1) is 0 Å². The van der Waals surface area contributed by atoms with Crippen molar-refractivity contribution < 1.29 is 44.5 Å². The van der Waals surface area contributed by atoms with Crippen LogP contribution in [-0.2, 0) is 19.6 Å². The normalized spacial score (nSPS) is 34.5. The highest BCUT2D eigenvalue weighted by atomic mass is 32.2. The Bertz CT molecular complexity index is 667. The number of carbonyl (C=O) groups is 1. The molecule has 4 saturated carbocycles. The Balaban J connectivity index is 1.65. The molecule has 5 nitrogen and oxygen atoms in total. The lowest BCUT2D eigenvalue weighted by atomic mass is 9.49. The molecule has 156 valence electrons. The van der Waals surface area contributed by atoms with Crippen LogP contribution in [0.3, 0.4) is 0 Å². The summed E-state index contributed by atoms with van der Waals surface area (Å²) in [6.07, 6.45) is -2.15. The summed E-state index contributed by atoms with van der Waals surface area (Å²) in [5.41, 5.74) is -0.756. The Kier molecular flexibility index (Phi) is 5.02. The number of carbonyl (C=O) groups excluding carboxylic acids is 1. The topological polar surface area (TPSA) is 80.7 Å². The minimum atomic E-state index is -6.27. The van der Waals surface area contributed by atoms with Crippen LogP contribution in [0.4, 0.5) is 22.0 Å². The molecule has 4 rings (SSSR count). The highest BCUT2D eigenvalue weighted by Crippen LogP contribution is 2.60. The predicted molar refractivity (Wildman–Crippen MR) is 82.2 cm³/mol. The molecule has 0 radical (unpaired) electrons. The van der Waals surface area contributed by atoms with E-state index in [1.54, 1.807) is 0 Å². The maximum absolute atomic E-state index is 13.5. The summed E-state index contributed by atoms with van der Waals surface area (Å²) in [5.74, 6) is -3.19. The standard InChI is InChI=1S/C16H21F5O5S/c17-15(18,19)12(16(20,21)27(23,24)25)1-2-26-13(22)14-6-9-3-10(7-14)5-11(4-9)8-14/h9-12H,1-8H2,(H,23,24,25). The average molecular weight is 420 g/mol. The van der Waals surface area contributed by atoms with E-state index in [1.165, 1.54) is 0 Å². The van der Waals surface area contributed by atoms with Gasteiger partial charge in [-0.2, -0.15) is 30.4 Å². The molecule has 0 heterocycles. The van der Waals surface area contributed by atoms with Crippen molar-refractivity contribution in [3.63, 3.8) is 0 Å². The third-order valence-electron chi connectivity index (χ3n) is 6.26. The lowest BCUT2D eigenvalue weighted by Gasteiger charge is -2.55. The van der Waals surface area contributed by atoms with Gasteiger partial charge in [-0.1, -0.05) is 0 Å². The Morgan fingerprint density at radius 2 is 1.48 bits per heavy atom. The van der Waals surface area contributed by atoms with Gasteiger partial charge in [-0.05, 0) is 56.3 Å². The Morgan fingerprint density at radius 3 is 1.85 bits per heavy atom. The second-order valence-electron chi connectivity index (χ2n) is 8.25. The molecule has 4 bridgehead atoms. The molecule has 0 spiro atoms. The van der Waals surface area contributed by atoms with Crippen molar-refractivity contribution in [2.24, 2.45) is 29.1 Å². The number of esters is 1. The van der Waals surface area contributed by atoms with E-state index in [9.17, 15) is 35.2 Å². The average Bonchev–Trinajstić information content (AvgIpc) is 2.47. The molecule has 11 heteroatoms. The van der Waals surface area contributed by atoms with E-state index in [0.29, 0.717) is 37.0 Å². The number of halogens is 5. The Hall–Kier alpha value is -0.970. The van der Waals surface area contributed by atoms with E-state index < -0.39 is 51.9 Å².